The van der Waals surface area contributed by atoms with Crippen molar-refractivity contribution in [3.05, 3.63) is 34.9 Å². The summed E-state index contributed by atoms with van der Waals surface area (Å²) in [6.07, 6.45) is 0.891. The van der Waals surface area contributed by atoms with Crippen molar-refractivity contribution in [3.8, 4) is 0 Å². The molecule has 1 unspecified atom stereocenters. The third-order valence-corrected chi connectivity index (χ3v) is 3.39. The first kappa shape index (κ1) is 12.9. The average molecular weight is 334 g/mol. The molecule has 1 aromatic carbocycles. The van der Waals surface area contributed by atoms with E-state index in [1.54, 1.807) is 0 Å². The standard InChI is InChI=1S/C12H14Br2O/c1-3-10-6-9(7-13)4-5-11(10)12(15)8(2)14/h4-6,8H,3,7H2,1-2H3. The molecular formula is C12H14Br2O. The molecule has 1 rings (SSSR count). The molecule has 15 heavy (non-hydrogen) atoms. The molecule has 0 heterocycles. The van der Waals surface area contributed by atoms with Gasteiger partial charge < -0.3 is 0 Å². The summed E-state index contributed by atoms with van der Waals surface area (Å²) in [5.41, 5.74) is 3.18. The van der Waals surface area contributed by atoms with E-state index < -0.39 is 0 Å². The second kappa shape index (κ2) is 5.80. The number of carbonyl (C=O) groups excluding carboxylic acids is 1. The Morgan fingerprint density at radius 3 is 2.60 bits per heavy atom. The van der Waals surface area contributed by atoms with Crippen LogP contribution in [0.5, 0.6) is 0 Å². The zero-order valence-electron chi connectivity index (χ0n) is 8.89. The Morgan fingerprint density at radius 1 is 1.47 bits per heavy atom. The number of Topliss-reactive ketones (excluding diaryl/α,β-unsaturated/α-hetero) is 1. The number of rotatable bonds is 4. The molecule has 1 atom stereocenters. The first-order chi connectivity index (χ1) is 7.10. The highest BCUT2D eigenvalue weighted by atomic mass is 79.9. The molecule has 0 aromatic heterocycles. The van der Waals surface area contributed by atoms with Crippen molar-refractivity contribution in [1.82, 2.24) is 0 Å². The van der Waals surface area contributed by atoms with Crippen LogP contribution in [0, 0.1) is 0 Å². The second-order valence-electron chi connectivity index (χ2n) is 3.46. The first-order valence-corrected chi connectivity index (χ1v) is 7.00. The predicted octanol–water partition coefficient (Wildman–Crippen LogP) is 4.11. The Morgan fingerprint density at radius 2 is 2.13 bits per heavy atom. The third-order valence-electron chi connectivity index (χ3n) is 2.33. The van der Waals surface area contributed by atoms with Gasteiger partial charge in [-0.3, -0.25) is 4.79 Å². The lowest BCUT2D eigenvalue weighted by atomic mass is 9.98. The summed E-state index contributed by atoms with van der Waals surface area (Å²) in [5, 5.41) is 0.832. The molecule has 1 aromatic rings. The molecule has 0 fully saturated rings. The van der Waals surface area contributed by atoms with Crippen molar-refractivity contribution < 1.29 is 4.79 Å². The number of benzene rings is 1. The van der Waals surface area contributed by atoms with Crippen LogP contribution < -0.4 is 0 Å². The normalized spacial score (nSPS) is 12.5. The maximum Gasteiger partial charge on any atom is 0.176 e. The highest BCUT2D eigenvalue weighted by Gasteiger charge is 2.15. The van der Waals surface area contributed by atoms with Crippen LogP contribution in [-0.2, 0) is 11.8 Å². The number of hydrogen-bond acceptors (Lipinski definition) is 1. The van der Waals surface area contributed by atoms with Gasteiger partial charge in [0, 0.05) is 10.9 Å². The lowest BCUT2D eigenvalue weighted by Gasteiger charge is -2.09. The number of ketones is 1. The van der Waals surface area contributed by atoms with Gasteiger partial charge in [-0.2, -0.15) is 0 Å². The molecule has 0 saturated heterocycles. The first-order valence-electron chi connectivity index (χ1n) is 4.96. The average Bonchev–Trinajstić information content (AvgIpc) is 2.27. The highest BCUT2D eigenvalue weighted by Crippen LogP contribution is 2.18. The van der Waals surface area contributed by atoms with Gasteiger partial charge in [0.15, 0.2) is 5.78 Å². The molecule has 82 valence electrons. The molecule has 0 radical (unpaired) electrons. The summed E-state index contributed by atoms with van der Waals surface area (Å²) >= 11 is 6.73. The highest BCUT2D eigenvalue weighted by molar-refractivity contribution is 9.10. The predicted molar refractivity (Wildman–Crippen MR) is 71.2 cm³/mol. The van der Waals surface area contributed by atoms with Gasteiger partial charge in [-0.25, -0.2) is 0 Å². The molecule has 0 N–H and O–H groups in total. The Balaban J connectivity index is 3.13. The molecule has 3 heteroatoms. The Labute approximate surface area is 108 Å². The summed E-state index contributed by atoms with van der Waals surface area (Å²) in [6.45, 7) is 3.93. The van der Waals surface area contributed by atoms with Gasteiger partial charge in [0.2, 0.25) is 0 Å². The Hall–Kier alpha value is -0.150. The van der Waals surface area contributed by atoms with Crippen molar-refractivity contribution in [2.45, 2.75) is 30.4 Å². The van der Waals surface area contributed by atoms with Crippen LogP contribution in [0.3, 0.4) is 0 Å². The van der Waals surface area contributed by atoms with Gasteiger partial charge in [-0.1, -0.05) is 57.0 Å². The van der Waals surface area contributed by atoms with Crippen LogP contribution in [0.2, 0.25) is 0 Å². The van der Waals surface area contributed by atoms with E-state index in [1.165, 1.54) is 5.56 Å². The third kappa shape index (κ3) is 3.15. The number of hydrogen-bond donors (Lipinski definition) is 0. The van der Waals surface area contributed by atoms with Crippen LogP contribution in [0.25, 0.3) is 0 Å². The minimum atomic E-state index is -0.113. The fraction of sp³-hybridized carbons (Fsp3) is 0.417. The van der Waals surface area contributed by atoms with Crippen molar-refractivity contribution in [1.29, 1.82) is 0 Å². The topological polar surface area (TPSA) is 17.1 Å². The summed E-state index contributed by atoms with van der Waals surface area (Å²) in [6, 6.07) is 6.02. The van der Waals surface area contributed by atoms with Gasteiger partial charge in [-0.05, 0) is 24.5 Å². The van der Waals surface area contributed by atoms with Crippen LogP contribution >= 0.6 is 31.9 Å². The zero-order chi connectivity index (χ0) is 11.4. The van der Waals surface area contributed by atoms with E-state index in [-0.39, 0.29) is 10.6 Å². The van der Waals surface area contributed by atoms with Gasteiger partial charge >= 0.3 is 0 Å². The molecule has 0 amide bonds. The van der Waals surface area contributed by atoms with E-state index in [2.05, 4.69) is 44.8 Å². The molecule has 0 saturated carbocycles. The molecule has 0 bridgehead atoms. The molecular weight excluding hydrogens is 320 g/mol. The van der Waals surface area contributed by atoms with Crippen LogP contribution in [0.1, 0.15) is 35.3 Å². The Kier molecular flexibility index (Phi) is 5.00. The van der Waals surface area contributed by atoms with Crippen LogP contribution in [0.15, 0.2) is 18.2 Å². The maximum absolute atomic E-state index is 11.9. The molecule has 0 aliphatic rings. The van der Waals surface area contributed by atoms with Crippen molar-refractivity contribution in [2.24, 2.45) is 0 Å². The molecule has 1 nitrogen and oxygen atoms in total. The fourth-order valence-electron chi connectivity index (χ4n) is 1.48. The summed E-state index contributed by atoms with van der Waals surface area (Å²) in [7, 11) is 0. The van der Waals surface area contributed by atoms with E-state index in [9.17, 15) is 4.79 Å². The summed E-state index contributed by atoms with van der Waals surface area (Å²) < 4.78 is 0. The van der Waals surface area contributed by atoms with Crippen LogP contribution in [0.4, 0.5) is 0 Å². The van der Waals surface area contributed by atoms with Gasteiger partial charge in [0.05, 0.1) is 4.83 Å². The SMILES string of the molecule is CCc1cc(CBr)ccc1C(=O)C(C)Br. The monoisotopic (exact) mass is 332 g/mol. The summed E-state index contributed by atoms with van der Waals surface area (Å²) in [5.74, 6) is 0.160. The quantitative estimate of drug-likeness (QED) is 0.598. The van der Waals surface area contributed by atoms with Gasteiger partial charge in [-0.15, -0.1) is 0 Å². The smallest absolute Gasteiger partial charge is 0.176 e. The number of aryl methyl sites for hydroxylation is 1. The van der Waals surface area contributed by atoms with E-state index in [0.717, 1.165) is 22.9 Å². The number of alkyl halides is 2. The largest absolute Gasteiger partial charge is 0.293 e. The molecule has 0 aliphatic heterocycles. The molecule has 0 spiro atoms. The van der Waals surface area contributed by atoms with E-state index in [0.29, 0.717) is 0 Å². The van der Waals surface area contributed by atoms with Crippen molar-refractivity contribution in [2.75, 3.05) is 0 Å². The number of halogens is 2. The second-order valence-corrected chi connectivity index (χ2v) is 5.39. The van der Waals surface area contributed by atoms with Crippen LogP contribution in [-0.4, -0.2) is 10.6 Å². The lowest BCUT2D eigenvalue weighted by Crippen LogP contribution is -2.12. The van der Waals surface area contributed by atoms with Crippen molar-refractivity contribution >= 4 is 37.6 Å². The summed E-state index contributed by atoms with van der Waals surface area (Å²) in [4.78, 5) is 11.8. The fourth-order valence-corrected chi connectivity index (χ4v) is 2.07. The minimum Gasteiger partial charge on any atom is -0.293 e. The Bertz CT molecular complexity index is 359. The van der Waals surface area contributed by atoms with E-state index >= 15 is 0 Å². The molecule has 0 aliphatic carbocycles. The van der Waals surface area contributed by atoms with Crippen molar-refractivity contribution in [3.63, 3.8) is 0 Å². The van der Waals surface area contributed by atoms with Gasteiger partial charge in [0.25, 0.3) is 0 Å². The number of carbonyl (C=O) groups is 1. The zero-order valence-corrected chi connectivity index (χ0v) is 12.1. The maximum atomic E-state index is 11.9. The van der Waals surface area contributed by atoms with E-state index in [4.69, 9.17) is 0 Å². The van der Waals surface area contributed by atoms with Gasteiger partial charge in [0.1, 0.15) is 0 Å². The van der Waals surface area contributed by atoms with E-state index in [1.807, 2.05) is 19.1 Å². The minimum absolute atomic E-state index is 0.113. The lowest BCUT2D eigenvalue weighted by molar-refractivity contribution is 0.0995.